The first kappa shape index (κ1) is 17.6. The van der Waals surface area contributed by atoms with Crippen LogP contribution in [0.4, 0.5) is 5.00 Å². The molecule has 0 unspecified atom stereocenters. The summed E-state index contributed by atoms with van der Waals surface area (Å²) in [5.41, 5.74) is 7.34. The molecule has 1 aliphatic rings. The third-order valence-corrected chi connectivity index (χ3v) is 6.10. The first-order valence-electron chi connectivity index (χ1n) is 7.72. The number of primary amides is 1. The number of nitrogens with one attached hydrogen (secondary N) is 1. The minimum absolute atomic E-state index is 0.381. The van der Waals surface area contributed by atoms with Gasteiger partial charge < -0.3 is 15.8 Å². The van der Waals surface area contributed by atoms with Gasteiger partial charge in [0.2, 0.25) is 0 Å². The number of carbonyl (C=O) groups is 3. The average Bonchev–Trinajstić information content (AvgIpc) is 3.18. The Morgan fingerprint density at radius 1 is 1.24 bits per heavy atom. The molecule has 9 heteroatoms. The second kappa shape index (κ2) is 6.93. The number of esters is 1. The van der Waals surface area contributed by atoms with Crippen molar-refractivity contribution in [3.63, 3.8) is 0 Å². The number of aromatic nitrogens is 1. The number of anilines is 1. The Bertz CT molecular complexity index is 869. The van der Waals surface area contributed by atoms with Crippen LogP contribution in [0, 0.1) is 13.8 Å². The Labute approximate surface area is 152 Å². The number of hydrogen-bond donors (Lipinski definition) is 2. The van der Waals surface area contributed by atoms with E-state index in [2.05, 4.69) is 10.3 Å². The Morgan fingerprint density at radius 3 is 2.64 bits per heavy atom. The van der Waals surface area contributed by atoms with Crippen LogP contribution < -0.4 is 11.1 Å². The van der Waals surface area contributed by atoms with E-state index in [1.807, 2.05) is 0 Å². The van der Waals surface area contributed by atoms with Crippen LogP contribution in [0.1, 0.15) is 47.6 Å². The fourth-order valence-electron chi connectivity index (χ4n) is 2.83. The lowest BCUT2D eigenvalue weighted by molar-refractivity contribution is -0.119. The summed E-state index contributed by atoms with van der Waals surface area (Å²) in [6, 6.07) is 0. The van der Waals surface area contributed by atoms with Gasteiger partial charge in [0, 0.05) is 4.88 Å². The van der Waals surface area contributed by atoms with Gasteiger partial charge in [-0.2, -0.15) is 0 Å². The summed E-state index contributed by atoms with van der Waals surface area (Å²) in [5, 5.41) is 3.83. The van der Waals surface area contributed by atoms with Gasteiger partial charge in [0.25, 0.3) is 11.8 Å². The van der Waals surface area contributed by atoms with Gasteiger partial charge in [-0.3, -0.25) is 9.59 Å². The lowest BCUT2D eigenvalue weighted by Gasteiger charge is -2.06. The van der Waals surface area contributed by atoms with E-state index >= 15 is 0 Å². The van der Waals surface area contributed by atoms with E-state index in [0.29, 0.717) is 21.1 Å². The third-order valence-electron chi connectivity index (χ3n) is 3.84. The van der Waals surface area contributed by atoms with Crippen molar-refractivity contribution in [3.8, 4) is 0 Å². The number of ether oxygens (including phenoxy) is 1. The summed E-state index contributed by atoms with van der Waals surface area (Å²) in [5.74, 6) is -1.64. The lowest BCUT2D eigenvalue weighted by Crippen LogP contribution is -2.22. The van der Waals surface area contributed by atoms with Gasteiger partial charge in [0.05, 0.1) is 16.3 Å². The Kier molecular flexibility index (Phi) is 4.87. The number of aryl methyl sites for hydroxylation is 3. The molecule has 3 rings (SSSR count). The molecule has 0 saturated heterocycles. The minimum atomic E-state index is -0.581. The predicted molar refractivity (Wildman–Crippen MR) is 95.4 cm³/mol. The van der Waals surface area contributed by atoms with Gasteiger partial charge >= 0.3 is 5.97 Å². The molecule has 0 bridgehead atoms. The number of hydrogen-bond acceptors (Lipinski definition) is 7. The molecule has 132 valence electrons. The first-order valence-corrected chi connectivity index (χ1v) is 9.35. The molecule has 2 aromatic rings. The molecule has 0 spiro atoms. The normalized spacial score (nSPS) is 12.7. The van der Waals surface area contributed by atoms with E-state index in [1.165, 1.54) is 22.7 Å². The highest BCUT2D eigenvalue weighted by Gasteiger charge is 2.26. The zero-order valence-corrected chi connectivity index (χ0v) is 15.4. The van der Waals surface area contributed by atoms with Crippen LogP contribution in [0.15, 0.2) is 0 Å². The van der Waals surface area contributed by atoms with Crippen LogP contribution in [0.3, 0.4) is 0 Å². The van der Waals surface area contributed by atoms with Crippen molar-refractivity contribution < 1.29 is 19.1 Å². The minimum Gasteiger partial charge on any atom is -0.451 e. The molecule has 3 N–H and O–H groups in total. The van der Waals surface area contributed by atoms with E-state index < -0.39 is 24.4 Å². The van der Waals surface area contributed by atoms with Crippen molar-refractivity contribution in [1.29, 1.82) is 0 Å². The number of nitrogens with two attached hydrogens (primary N) is 1. The standard InChI is InChI=1S/C16H17N3O4S2/c1-7-13(24-8(2)18-7)16(22)23-6-11(20)19-15-12(14(17)21)9-4-3-5-10(9)25-15/h3-6H2,1-2H3,(H2,17,21)(H,19,20). The smallest absolute Gasteiger partial charge is 0.350 e. The van der Waals surface area contributed by atoms with Gasteiger partial charge in [-0.15, -0.1) is 22.7 Å². The van der Waals surface area contributed by atoms with Crippen LogP contribution in [0.2, 0.25) is 0 Å². The molecule has 2 amide bonds. The lowest BCUT2D eigenvalue weighted by atomic mass is 10.1. The molecular formula is C16H17N3O4S2. The second-order valence-corrected chi connectivity index (χ2v) is 8.01. The summed E-state index contributed by atoms with van der Waals surface area (Å²) >= 11 is 2.58. The van der Waals surface area contributed by atoms with E-state index in [0.717, 1.165) is 34.7 Å². The van der Waals surface area contributed by atoms with Crippen LogP contribution >= 0.6 is 22.7 Å². The van der Waals surface area contributed by atoms with Gasteiger partial charge in [-0.25, -0.2) is 9.78 Å². The fourth-order valence-corrected chi connectivity index (χ4v) is 4.96. The van der Waals surface area contributed by atoms with Gasteiger partial charge in [-0.05, 0) is 38.7 Å². The number of fused-ring (bicyclic) bond motifs is 1. The monoisotopic (exact) mass is 379 g/mol. The molecular weight excluding hydrogens is 362 g/mol. The van der Waals surface area contributed by atoms with Crippen molar-refractivity contribution in [2.75, 3.05) is 11.9 Å². The number of rotatable bonds is 5. The van der Waals surface area contributed by atoms with Crippen LogP contribution in [-0.2, 0) is 22.4 Å². The number of carbonyl (C=O) groups excluding carboxylic acids is 3. The highest BCUT2D eigenvalue weighted by atomic mass is 32.1. The van der Waals surface area contributed by atoms with Crippen LogP contribution in [0.5, 0.6) is 0 Å². The van der Waals surface area contributed by atoms with Crippen molar-refractivity contribution >= 4 is 45.5 Å². The molecule has 0 fully saturated rings. The zero-order valence-electron chi connectivity index (χ0n) is 13.8. The number of thiazole rings is 1. The van der Waals surface area contributed by atoms with E-state index in [4.69, 9.17) is 10.5 Å². The molecule has 7 nitrogen and oxygen atoms in total. The summed E-state index contributed by atoms with van der Waals surface area (Å²) in [4.78, 5) is 41.4. The largest absolute Gasteiger partial charge is 0.451 e. The Hall–Kier alpha value is -2.26. The quantitative estimate of drug-likeness (QED) is 0.774. The average molecular weight is 379 g/mol. The summed E-state index contributed by atoms with van der Waals surface area (Å²) < 4.78 is 5.04. The maximum Gasteiger partial charge on any atom is 0.350 e. The van der Waals surface area contributed by atoms with Gasteiger partial charge in [0.15, 0.2) is 6.61 Å². The first-order chi connectivity index (χ1) is 11.9. The Morgan fingerprint density at radius 2 is 2.00 bits per heavy atom. The topological polar surface area (TPSA) is 111 Å². The van der Waals surface area contributed by atoms with E-state index in [-0.39, 0.29) is 0 Å². The van der Waals surface area contributed by atoms with Gasteiger partial charge in [-0.1, -0.05) is 0 Å². The van der Waals surface area contributed by atoms with E-state index in [1.54, 1.807) is 13.8 Å². The molecule has 0 radical (unpaired) electrons. The second-order valence-electron chi connectivity index (χ2n) is 5.70. The van der Waals surface area contributed by atoms with Crippen molar-refractivity contribution in [2.24, 2.45) is 5.73 Å². The molecule has 0 atom stereocenters. The highest BCUT2D eigenvalue weighted by Crippen LogP contribution is 2.38. The molecule has 0 aromatic carbocycles. The van der Waals surface area contributed by atoms with Crippen molar-refractivity contribution in [3.05, 3.63) is 31.6 Å². The number of nitrogens with zero attached hydrogens (tertiary/aromatic N) is 1. The SMILES string of the molecule is Cc1nc(C)c(C(=O)OCC(=O)Nc2sc3c(c2C(N)=O)CCC3)s1. The van der Waals surface area contributed by atoms with Gasteiger partial charge in [0.1, 0.15) is 9.88 Å². The maximum atomic E-state index is 12.1. The zero-order chi connectivity index (χ0) is 18.1. The highest BCUT2D eigenvalue weighted by molar-refractivity contribution is 7.17. The maximum absolute atomic E-state index is 12.1. The van der Waals surface area contributed by atoms with Crippen molar-refractivity contribution in [1.82, 2.24) is 4.98 Å². The Balaban J connectivity index is 1.65. The molecule has 2 aromatic heterocycles. The molecule has 2 heterocycles. The van der Waals surface area contributed by atoms with E-state index in [9.17, 15) is 14.4 Å². The molecule has 25 heavy (non-hydrogen) atoms. The van der Waals surface area contributed by atoms with Crippen LogP contribution in [0.25, 0.3) is 0 Å². The third kappa shape index (κ3) is 3.57. The predicted octanol–water partition coefficient (Wildman–Crippen LogP) is 2.20. The van der Waals surface area contributed by atoms with Crippen molar-refractivity contribution in [2.45, 2.75) is 33.1 Å². The molecule has 0 aliphatic heterocycles. The summed E-state index contributed by atoms with van der Waals surface area (Å²) in [6.45, 7) is 3.07. The number of thiophene rings is 1. The summed E-state index contributed by atoms with van der Waals surface area (Å²) in [7, 11) is 0. The number of amides is 2. The molecule has 0 saturated carbocycles. The fraction of sp³-hybridized carbons (Fsp3) is 0.375. The van der Waals surface area contributed by atoms with Crippen LogP contribution in [-0.4, -0.2) is 29.4 Å². The molecule has 1 aliphatic carbocycles. The summed E-state index contributed by atoms with van der Waals surface area (Å²) in [6.07, 6.45) is 2.66.